The first kappa shape index (κ1) is 35.9. The highest BCUT2D eigenvalue weighted by molar-refractivity contribution is 7.99. The molecule has 9 nitrogen and oxygen atoms in total. The van der Waals surface area contributed by atoms with Gasteiger partial charge in [0.15, 0.2) is 15.1 Å². The SMILES string of the molecule is CCCC1=C(C(=O)OCC)[C@@H](c2c(OC)ccc3ccccc23)n2c(s/c(=C/c3ccc(Sc4nc(-c5ccccc5)cc(C(F)(F)F)n4)o3)c2=O)=N1. The molecule has 0 N–H and O–H groups in total. The minimum Gasteiger partial charge on any atom is -0.496 e. The normalized spacial score (nSPS) is 14.7. The summed E-state index contributed by atoms with van der Waals surface area (Å²) in [4.78, 5) is 41.5. The molecule has 0 aliphatic carbocycles. The van der Waals surface area contributed by atoms with Crippen LogP contribution in [0.3, 0.4) is 0 Å². The van der Waals surface area contributed by atoms with Crippen LogP contribution in [0.2, 0.25) is 0 Å². The molecule has 0 amide bonds. The maximum absolute atomic E-state index is 14.4. The largest absolute Gasteiger partial charge is 0.496 e. The van der Waals surface area contributed by atoms with Crippen molar-refractivity contribution in [3.8, 4) is 17.0 Å². The van der Waals surface area contributed by atoms with Crippen molar-refractivity contribution in [1.82, 2.24) is 14.5 Å². The fraction of sp³-hybridized carbons (Fsp3) is 0.205. The van der Waals surface area contributed by atoms with Crippen molar-refractivity contribution < 1.29 is 31.9 Å². The number of aromatic nitrogens is 3. The lowest BCUT2D eigenvalue weighted by molar-refractivity contribution is -0.141. The van der Waals surface area contributed by atoms with Crippen LogP contribution < -0.4 is 19.6 Å². The molecule has 3 aromatic heterocycles. The predicted octanol–water partition coefficient (Wildman–Crippen LogP) is 7.96. The number of halogens is 3. The monoisotopic (exact) mass is 756 g/mol. The molecule has 1 atom stereocenters. The quantitative estimate of drug-likeness (QED) is 0.102. The molecule has 14 heteroatoms. The van der Waals surface area contributed by atoms with Crippen LogP contribution in [-0.2, 0) is 15.7 Å². The Kier molecular flexibility index (Phi) is 10.1. The van der Waals surface area contributed by atoms with E-state index in [9.17, 15) is 22.8 Å². The van der Waals surface area contributed by atoms with Gasteiger partial charge in [0.2, 0.25) is 0 Å². The highest BCUT2D eigenvalue weighted by Gasteiger charge is 2.37. The van der Waals surface area contributed by atoms with Gasteiger partial charge in [-0.2, -0.15) is 13.2 Å². The molecule has 270 valence electrons. The van der Waals surface area contributed by atoms with E-state index in [1.165, 1.54) is 11.7 Å². The average Bonchev–Trinajstić information content (AvgIpc) is 3.72. The van der Waals surface area contributed by atoms with Gasteiger partial charge in [-0.05, 0) is 60.1 Å². The standard InChI is InChI=1S/C39H31F3N4O5S2/c1-4-11-26-33(36(48)50-5-2)34(32-25-15-10-9-12-22(25)16-18-28(32)49-3)46-35(47)29(52-38(46)44-26)20-24-17-19-31(51-24)53-37-43-27(23-13-7-6-8-14-23)21-30(45-37)39(40,41)42/h6-10,12-21,34H,4-5,11H2,1-3H3/b29-20+/t34-/m1/s1. The van der Waals surface area contributed by atoms with Crippen LogP contribution in [0, 0.1) is 0 Å². The minimum absolute atomic E-state index is 0.116. The van der Waals surface area contributed by atoms with Crippen LogP contribution in [0.5, 0.6) is 5.75 Å². The summed E-state index contributed by atoms with van der Waals surface area (Å²) >= 11 is 1.96. The highest BCUT2D eigenvalue weighted by atomic mass is 32.2. The topological polar surface area (TPSA) is 109 Å². The van der Waals surface area contributed by atoms with Gasteiger partial charge in [0.05, 0.1) is 35.2 Å². The van der Waals surface area contributed by atoms with Crippen LogP contribution in [0.15, 0.2) is 121 Å². The molecule has 7 rings (SSSR count). The van der Waals surface area contributed by atoms with E-state index in [1.807, 2.05) is 43.3 Å². The Labute approximate surface area is 309 Å². The van der Waals surface area contributed by atoms with Gasteiger partial charge in [-0.15, -0.1) is 0 Å². The zero-order valence-electron chi connectivity index (χ0n) is 28.6. The van der Waals surface area contributed by atoms with E-state index in [1.54, 1.807) is 55.5 Å². The highest BCUT2D eigenvalue weighted by Crippen LogP contribution is 2.41. The Morgan fingerprint density at radius 2 is 1.79 bits per heavy atom. The molecule has 4 heterocycles. The zero-order valence-corrected chi connectivity index (χ0v) is 30.3. The summed E-state index contributed by atoms with van der Waals surface area (Å²) in [5.74, 6) is 0.183. The van der Waals surface area contributed by atoms with Gasteiger partial charge < -0.3 is 13.9 Å². The average molecular weight is 757 g/mol. The van der Waals surface area contributed by atoms with Gasteiger partial charge in [-0.1, -0.05) is 85.3 Å². The Morgan fingerprint density at radius 1 is 1.02 bits per heavy atom. The van der Waals surface area contributed by atoms with E-state index in [-0.39, 0.29) is 38.4 Å². The van der Waals surface area contributed by atoms with E-state index in [0.717, 1.165) is 39.9 Å². The van der Waals surface area contributed by atoms with E-state index in [2.05, 4.69) is 9.97 Å². The van der Waals surface area contributed by atoms with Crippen molar-refractivity contribution in [3.63, 3.8) is 0 Å². The summed E-state index contributed by atoms with van der Waals surface area (Å²) in [6.07, 6.45) is -2.00. The number of nitrogens with zero attached hydrogens (tertiary/aromatic N) is 4. The third-order valence-corrected chi connectivity index (χ3v) is 10.2. The lowest BCUT2D eigenvalue weighted by Gasteiger charge is -2.28. The van der Waals surface area contributed by atoms with Crippen LogP contribution in [-0.4, -0.2) is 34.2 Å². The summed E-state index contributed by atoms with van der Waals surface area (Å²) in [5, 5.41) is 1.75. The number of rotatable bonds is 10. The van der Waals surface area contributed by atoms with E-state index in [4.69, 9.17) is 18.9 Å². The number of esters is 1. The number of hydrogen-bond donors (Lipinski definition) is 0. The molecular formula is C39H31F3N4O5S2. The maximum atomic E-state index is 14.4. The fourth-order valence-corrected chi connectivity index (χ4v) is 7.93. The molecule has 0 saturated carbocycles. The van der Waals surface area contributed by atoms with E-state index in [0.29, 0.717) is 40.2 Å². The molecule has 53 heavy (non-hydrogen) atoms. The second-order valence-corrected chi connectivity index (χ2v) is 13.8. The first-order valence-corrected chi connectivity index (χ1v) is 18.3. The number of hydrogen-bond acceptors (Lipinski definition) is 10. The number of allylic oxidation sites excluding steroid dienone is 1. The van der Waals surface area contributed by atoms with Crippen molar-refractivity contribution in [2.24, 2.45) is 4.99 Å². The third kappa shape index (κ3) is 7.16. The second-order valence-electron chi connectivity index (χ2n) is 11.9. The van der Waals surface area contributed by atoms with Gasteiger partial charge >= 0.3 is 12.1 Å². The molecule has 0 spiro atoms. The van der Waals surface area contributed by atoms with Gasteiger partial charge in [0.25, 0.3) is 5.56 Å². The predicted molar refractivity (Wildman–Crippen MR) is 195 cm³/mol. The number of carbonyl (C=O) groups excluding carboxylic acids is 1. The number of alkyl halides is 3. The summed E-state index contributed by atoms with van der Waals surface area (Å²) in [5.41, 5.74) is 0.517. The second kappa shape index (κ2) is 14.9. The molecule has 6 aromatic rings. The van der Waals surface area contributed by atoms with Gasteiger partial charge in [-0.3, -0.25) is 9.36 Å². The smallest absolute Gasteiger partial charge is 0.433 e. The van der Waals surface area contributed by atoms with E-state index >= 15 is 0 Å². The third-order valence-electron chi connectivity index (χ3n) is 8.45. The van der Waals surface area contributed by atoms with Crippen molar-refractivity contribution in [3.05, 3.63) is 133 Å². The lowest BCUT2D eigenvalue weighted by atomic mass is 9.90. The molecule has 3 aromatic carbocycles. The van der Waals surface area contributed by atoms with Gasteiger partial charge in [0.1, 0.15) is 23.2 Å². The van der Waals surface area contributed by atoms with Gasteiger partial charge in [-0.25, -0.2) is 19.8 Å². The Hall–Kier alpha value is -5.47. The van der Waals surface area contributed by atoms with Crippen LogP contribution in [0.1, 0.15) is 49.7 Å². The number of furan rings is 1. The zero-order chi connectivity index (χ0) is 37.3. The number of methoxy groups -OCH3 is 1. The van der Waals surface area contributed by atoms with Crippen molar-refractivity contribution in [2.45, 2.75) is 49.2 Å². The molecule has 1 aliphatic heterocycles. The van der Waals surface area contributed by atoms with Gasteiger partial charge in [0, 0.05) is 17.2 Å². The van der Waals surface area contributed by atoms with Crippen LogP contribution >= 0.6 is 23.1 Å². The molecule has 0 radical (unpaired) electrons. The lowest BCUT2D eigenvalue weighted by Crippen LogP contribution is -2.40. The fourth-order valence-electron chi connectivity index (χ4n) is 6.19. The van der Waals surface area contributed by atoms with Crippen LogP contribution in [0.4, 0.5) is 13.2 Å². The number of benzene rings is 3. The van der Waals surface area contributed by atoms with Crippen molar-refractivity contribution >= 4 is 45.9 Å². The molecule has 0 bridgehead atoms. The summed E-state index contributed by atoms with van der Waals surface area (Å²) in [6, 6.07) is 23.1. The summed E-state index contributed by atoms with van der Waals surface area (Å²) < 4.78 is 60.6. The maximum Gasteiger partial charge on any atom is 0.433 e. The Bertz CT molecular complexity index is 2560. The summed E-state index contributed by atoms with van der Waals surface area (Å²) in [7, 11) is 1.54. The molecule has 1 aliphatic rings. The number of thiazole rings is 1. The minimum atomic E-state index is -4.69. The molecule has 0 unspecified atom stereocenters. The summed E-state index contributed by atoms with van der Waals surface area (Å²) in [6.45, 7) is 3.83. The van der Waals surface area contributed by atoms with Crippen molar-refractivity contribution in [1.29, 1.82) is 0 Å². The first-order chi connectivity index (χ1) is 25.6. The molecule has 0 saturated heterocycles. The Balaban J connectivity index is 1.34. The first-order valence-electron chi connectivity index (χ1n) is 16.7. The van der Waals surface area contributed by atoms with E-state index < -0.39 is 29.4 Å². The Morgan fingerprint density at radius 3 is 2.53 bits per heavy atom. The number of ether oxygens (including phenoxy) is 2. The number of carbonyl (C=O) groups is 1. The number of fused-ring (bicyclic) bond motifs is 2. The molecular weight excluding hydrogens is 726 g/mol. The van der Waals surface area contributed by atoms with Crippen LogP contribution in [0.25, 0.3) is 28.1 Å². The molecule has 0 fully saturated rings. The van der Waals surface area contributed by atoms with Crippen molar-refractivity contribution in [2.75, 3.05) is 13.7 Å².